The zero-order chi connectivity index (χ0) is 16.1. The van der Waals surface area contributed by atoms with Crippen molar-refractivity contribution in [3.63, 3.8) is 0 Å². The predicted octanol–water partition coefficient (Wildman–Crippen LogP) is 5.20. The highest BCUT2D eigenvalue weighted by Gasteiger charge is 2.07. The van der Waals surface area contributed by atoms with Crippen LogP contribution in [-0.4, -0.2) is 17.9 Å². The molecule has 2 aromatic carbocycles. The molecule has 0 saturated heterocycles. The Hall–Kier alpha value is -1.62. The van der Waals surface area contributed by atoms with Crippen LogP contribution in [0.3, 0.4) is 0 Å². The third-order valence-corrected chi connectivity index (χ3v) is 3.49. The molecule has 0 heterocycles. The van der Waals surface area contributed by atoms with Crippen molar-refractivity contribution in [2.24, 2.45) is 5.10 Å². The summed E-state index contributed by atoms with van der Waals surface area (Å²) >= 11 is 17.9. The Morgan fingerprint density at radius 1 is 1.18 bits per heavy atom. The number of hydrogen-bond donors (Lipinski definition) is 2. The first-order chi connectivity index (χ1) is 10.5. The standard InChI is InChI=1S/C15H13Cl3N2O2/c1-2-22-14-5-9(3-4-13(14)21)8-19-20-15-11(17)6-10(16)7-12(15)18/h3-8,20-21H,2H2,1H3/b19-8-. The molecule has 116 valence electrons. The van der Waals surface area contributed by atoms with Gasteiger partial charge in [-0.25, -0.2) is 0 Å². The molecular weight excluding hydrogens is 347 g/mol. The Kier molecular flexibility index (Phi) is 5.77. The van der Waals surface area contributed by atoms with Crippen LogP contribution in [0, 0.1) is 0 Å². The molecule has 0 unspecified atom stereocenters. The predicted molar refractivity (Wildman–Crippen MR) is 92.0 cm³/mol. The van der Waals surface area contributed by atoms with Gasteiger partial charge < -0.3 is 9.84 Å². The van der Waals surface area contributed by atoms with Gasteiger partial charge in [0.05, 0.1) is 28.6 Å². The quantitative estimate of drug-likeness (QED) is 0.570. The Labute approximate surface area is 143 Å². The first-order valence-electron chi connectivity index (χ1n) is 6.40. The van der Waals surface area contributed by atoms with Crippen molar-refractivity contribution in [1.82, 2.24) is 0 Å². The maximum atomic E-state index is 9.64. The van der Waals surface area contributed by atoms with Crippen molar-refractivity contribution in [2.45, 2.75) is 6.92 Å². The molecule has 22 heavy (non-hydrogen) atoms. The number of hydrazone groups is 1. The fourth-order valence-electron chi connectivity index (χ4n) is 1.70. The van der Waals surface area contributed by atoms with E-state index in [1.54, 1.807) is 30.5 Å². The molecule has 7 heteroatoms. The average Bonchev–Trinajstić information content (AvgIpc) is 2.45. The Morgan fingerprint density at radius 3 is 2.50 bits per heavy atom. The van der Waals surface area contributed by atoms with Crippen molar-refractivity contribution < 1.29 is 9.84 Å². The zero-order valence-electron chi connectivity index (χ0n) is 11.6. The van der Waals surface area contributed by atoms with E-state index in [1.165, 1.54) is 6.07 Å². The average molecular weight is 360 g/mol. The molecule has 0 aliphatic rings. The number of phenols is 1. The van der Waals surface area contributed by atoms with Gasteiger partial charge in [0.15, 0.2) is 11.5 Å². The van der Waals surface area contributed by atoms with E-state index in [0.717, 1.165) is 5.56 Å². The van der Waals surface area contributed by atoms with Crippen LogP contribution in [0.15, 0.2) is 35.4 Å². The summed E-state index contributed by atoms with van der Waals surface area (Å²) in [7, 11) is 0. The van der Waals surface area contributed by atoms with Gasteiger partial charge in [-0.2, -0.15) is 5.10 Å². The zero-order valence-corrected chi connectivity index (χ0v) is 13.9. The maximum Gasteiger partial charge on any atom is 0.161 e. The second-order valence-corrected chi connectivity index (χ2v) is 5.53. The summed E-state index contributed by atoms with van der Waals surface area (Å²) in [5.74, 6) is 0.477. The third-order valence-electron chi connectivity index (χ3n) is 2.68. The fraction of sp³-hybridized carbons (Fsp3) is 0.133. The van der Waals surface area contributed by atoms with Gasteiger partial charge in [0.2, 0.25) is 0 Å². The summed E-state index contributed by atoms with van der Waals surface area (Å²) in [5, 5.41) is 14.9. The molecule has 0 aliphatic carbocycles. The van der Waals surface area contributed by atoms with E-state index >= 15 is 0 Å². The number of phenolic OH excluding ortho intramolecular Hbond substituents is 1. The van der Waals surface area contributed by atoms with Crippen molar-refractivity contribution in [1.29, 1.82) is 0 Å². The Morgan fingerprint density at radius 2 is 1.86 bits per heavy atom. The highest BCUT2D eigenvalue weighted by molar-refractivity contribution is 6.41. The first-order valence-corrected chi connectivity index (χ1v) is 7.54. The van der Waals surface area contributed by atoms with E-state index in [9.17, 15) is 5.11 Å². The second-order valence-electron chi connectivity index (χ2n) is 4.27. The van der Waals surface area contributed by atoms with E-state index < -0.39 is 0 Å². The highest BCUT2D eigenvalue weighted by atomic mass is 35.5. The van der Waals surface area contributed by atoms with Crippen molar-refractivity contribution >= 4 is 46.7 Å². The van der Waals surface area contributed by atoms with Gasteiger partial charge in [0, 0.05) is 5.02 Å². The molecule has 2 rings (SSSR count). The molecule has 2 aromatic rings. The van der Waals surface area contributed by atoms with Crippen LogP contribution in [0.4, 0.5) is 5.69 Å². The molecular formula is C15H13Cl3N2O2. The van der Waals surface area contributed by atoms with E-state index in [2.05, 4.69) is 10.5 Å². The SMILES string of the molecule is CCOc1cc(/C=N\Nc2c(Cl)cc(Cl)cc2Cl)ccc1O. The van der Waals surface area contributed by atoms with E-state index in [4.69, 9.17) is 39.5 Å². The highest BCUT2D eigenvalue weighted by Crippen LogP contribution is 2.33. The number of aromatic hydroxyl groups is 1. The summed E-state index contributed by atoms with van der Waals surface area (Å²) in [5.41, 5.74) is 3.98. The number of anilines is 1. The van der Waals surface area contributed by atoms with Crippen molar-refractivity contribution in [3.8, 4) is 11.5 Å². The lowest BCUT2D eigenvalue weighted by molar-refractivity contribution is 0.318. The number of nitrogens with zero attached hydrogens (tertiary/aromatic N) is 1. The molecule has 0 radical (unpaired) electrons. The van der Waals surface area contributed by atoms with E-state index in [-0.39, 0.29) is 5.75 Å². The van der Waals surface area contributed by atoms with Crippen molar-refractivity contribution in [2.75, 3.05) is 12.0 Å². The van der Waals surface area contributed by atoms with Gasteiger partial charge in [-0.15, -0.1) is 0 Å². The topological polar surface area (TPSA) is 53.8 Å². The lowest BCUT2D eigenvalue weighted by Crippen LogP contribution is -1.95. The van der Waals surface area contributed by atoms with Crippen LogP contribution in [0.5, 0.6) is 11.5 Å². The summed E-state index contributed by atoms with van der Waals surface area (Å²) in [6, 6.07) is 8.05. The Balaban J connectivity index is 2.15. The largest absolute Gasteiger partial charge is 0.504 e. The number of benzene rings is 2. The van der Waals surface area contributed by atoms with Gasteiger partial charge in [0.1, 0.15) is 0 Å². The lowest BCUT2D eigenvalue weighted by Gasteiger charge is -2.07. The van der Waals surface area contributed by atoms with Gasteiger partial charge in [-0.1, -0.05) is 34.8 Å². The third kappa shape index (κ3) is 4.19. The number of ether oxygens (including phenoxy) is 1. The second kappa shape index (κ2) is 7.58. The summed E-state index contributed by atoms with van der Waals surface area (Å²) in [6.45, 7) is 2.30. The van der Waals surface area contributed by atoms with Gasteiger partial charge >= 0.3 is 0 Å². The molecule has 0 aromatic heterocycles. The number of rotatable bonds is 5. The van der Waals surface area contributed by atoms with Crippen LogP contribution < -0.4 is 10.2 Å². The molecule has 4 nitrogen and oxygen atoms in total. The van der Waals surface area contributed by atoms with E-state index in [1.807, 2.05) is 6.92 Å². The van der Waals surface area contributed by atoms with Crippen LogP contribution in [0.2, 0.25) is 15.1 Å². The van der Waals surface area contributed by atoms with Crippen LogP contribution in [0.1, 0.15) is 12.5 Å². The molecule has 0 fully saturated rings. The van der Waals surface area contributed by atoms with E-state index in [0.29, 0.717) is 33.1 Å². The molecule has 0 spiro atoms. The lowest BCUT2D eigenvalue weighted by atomic mass is 10.2. The first kappa shape index (κ1) is 16.7. The number of nitrogens with one attached hydrogen (secondary N) is 1. The summed E-state index contributed by atoms with van der Waals surface area (Å²) in [6.07, 6.45) is 1.56. The molecule has 2 N–H and O–H groups in total. The number of hydrogen-bond acceptors (Lipinski definition) is 4. The van der Waals surface area contributed by atoms with Crippen molar-refractivity contribution in [3.05, 3.63) is 51.0 Å². The number of halogens is 3. The minimum absolute atomic E-state index is 0.0794. The minimum Gasteiger partial charge on any atom is -0.504 e. The minimum atomic E-state index is 0.0794. The Bertz CT molecular complexity index is 682. The molecule has 0 amide bonds. The van der Waals surface area contributed by atoms with Crippen LogP contribution in [0.25, 0.3) is 0 Å². The maximum absolute atomic E-state index is 9.64. The molecule has 0 bridgehead atoms. The van der Waals surface area contributed by atoms with Gasteiger partial charge in [-0.3, -0.25) is 5.43 Å². The summed E-state index contributed by atoms with van der Waals surface area (Å²) in [4.78, 5) is 0. The molecule has 0 atom stereocenters. The van der Waals surface area contributed by atoms with Crippen LogP contribution >= 0.6 is 34.8 Å². The normalized spacial score (nSPS) is 10.9. The van der Waals surface area contributed by atoms with Gasteiger partial charge in [0.25, 0.3) is 0 Å². The summed E-state index contributed by atoms with van der Waals surface area (Å²) < 4.78 is 5.30. The fourth-order valence-corrected chi connectivity index (χ4v) is 2.60. The molecule has 0 saturated carbocycles. The molecule has 0 aliphatic heterocycles. The monoisotopic (exact) mass is 358 g/mol. The van der Waals surface area contributed by atoms with Gasteiger partial charge in [-0.05, 0) is 42.8 Å². The smallest absolute Gasteiger partial charge is 0.161 e. The van der Waals surface area contributed by atoms with Crippen LogP contribution in [-0.2, 0) is 0 Å².